The number of hydrogen-bond acceptors (Lipinski definition) is 10. The molecule has 0 radical (unpaired) electrons. The molecule has 4 fully saturated rings. The summed E-state index contributed by atoms with van der Waals surface area (Å²) in [6.45, 7) is -0.412. The standard InChI is InChI=1S/2C17H23NO3.H2O4S/c2*1-18-13-7-8-14(18)10-15(9-13)21-17(20)16(11-19)12-5-3-2-4-6-12;1-5(2,3)4/h2*2-6,13-16,19H,7-11H2,1H3;(H2,1,2,3,4)/t2*13?,14?,15?,16-;/m00./s1. The Bertz CT molecular complexity index is 1270. The third-order valence-electron chi connectivity index (χ3n) is 10.0. The van der Waals surface area contributed by atoms with Crippen molar-refractivity contribution < 1.29 is 46.8 Å². The average molecular weight is 677 g/mol. The van der Waals surface area contributed by atoms with E-state index in [1.165, 1.54) is 25.7 Å². The Labute approximate surface area is 277 Å². The van der Waals surface area contributed by atoms with Crippen molar-refractivity contribution in [1.82, 2.24) is 9.80 Å². The van der Waals surface area contributed by atoms with Crippen molar-refractivity contribution in [3.05, 3.63) is 71.8 Å². The van der Waals surface area contributed by atoms with Crippen LogP contribution in [0.5, 0.6) is 0 Å². The molecule has 2 aromatic rings. The van der Waals surface area contributed by atoms with Crippen LogP contribution in [0.15, 0.2) is 60.7 Å². The van der Waals surface area contributed by atoms with Gasteiger partial charge in [0.15, 0.2) is 0 Å². The van der Waals surface area contributed by atoms with E-state index in [9.17, 15) is 19.8 Å². The van der Waals surface area contributed by atoms with Gasteiger partial charge in [-0.1, -0.05) is 60.7 Å². The molecule has 4 aliphatic rings. The molecule has 4 aliphatic heterocycles. The van der Waals surface area contributed by atoms with E-state index in [1.54, 1.807) is 0 Å². The van der Waals surface area contributed by atoms with Crippen molar-refractivity contribution in [3.8, 4) is 0 Å². The molecule has 260 valence electrons. The van der Waals surface area contributed by atoms with Crippen LogP contribution in [0.25, 0.3) is 0 Å². The normalized spacial score (nSPS) is 28.1. The third kappa shape index (κ3) is 10.5. The smallest absolute Gasteiger partial charge is 0.394 e. The highest BCUT2D eigenvalue weighted by Gasteiger charge is 2.41. The van der Waals surface area contributed by atoms with Crippen LogP contribution in [0.2, 0.25) is 0 Å². The van der Waals surface area contributed by atoms with Gasteiger partial charge < -0.3 is 29.5 Å². The van der Waals surface area contributed by atoms with E-state index in [4.69, 9.17) is 27.0 Å². The molecule has 0 spiro atoms. The molecule has 4 unspecified atom stereocenters. The van der Waals surface area contributed by atoms with Gasteiger partial charge >= 0.3 is 22.3 Å². The minimum atomic E-state index is -4.67. The van der Waals surface area contributed by atoms with Crippen LogP contribution < -0.4 is 0 Å². The predicted molar refractivity (Wildman–Crippen MR) is 174 cm³/mol. The number of ether oxygens (including phenoxy) is 2. The zero-order chi connectivity index (χ0) is 34.1. The third-order valence-corrected chi connectivity index (χ3v) is 10.0. The molecule has 13 heteroatoms. The van der Waals surface area contributed by atoms with E-state index in [-0.39, 0.29) is 37.4 Å². The Balaban J connectivity index is 0.000000186. The maximum absolute atomic E-state index is 12.4. The van der Waals surface area contributed by atoms with Crippen LogP contribution in [0, 0.1) is 0 Å². The second-order valence-corrected chi connectivity index (χ2v) is 13.8. The van der Waals surface area contributed by atoms with Crippen LogP contribution >= 0.6 is 0 Å². The van der Waals surface area contributed by atoms with E-state index in [2.05, 4.69) is 23.9 Å². The summed E-state index contributed by atoms with van der Waals surface area (Å²) in [5.41, 5.74) is 1.64. The first-order chi connectivity index (χ1) is 22.4. The fourth-order valence-electron chi connectivity index (χ4n) is 7.41. The monoisotopic (exact) mass is 676 g/mol. The number of fused-ring (bicyclic) bond motifs is 4. The molecule has 0 aliphatic carbocycles. The molecule has 6 atom stereocenters. The number of benzene rings is 2. The van der Waals surface area contributed by atoms with E-state index >= 15 is 0 Å². The fraction of sp³-hybridized carbons (Fsp3) is 0.588. The fourth-order valence-corrected chi connectivity index (χ4v) is 7.41. The Morgan fingerprint density at radius 3 is 1.19 bits per heavy atom. The van der Waals surface area contributed by atoms with Crippen molar-refractivity contribution >= 4 is 22.3 Å². The summed E-state index contributed by atoms with van der Waals surface area (Å²) < 4.78 is 43.0. The molecular formula is C34H48N2O10S. The van der Waals surface area contributed by atoms with Crippen LogP contribution in [-0.2, 0) is 29.5 Å². The van der Waals surface area contributed by atoms with Crippen molar-refractivity contribution in [1.29, 1.82) is 0 Å². The summed E-state index contributed by atoms with van der Waals surface area (Å²) in [5.74, 6) is -1.72. The average Bonchev–Trinajstić information content (AvgIpc) is 3.34. The summed E-state index contributed by atoms with van der Waals surface area (Å²) in [6.07, 6.45) is 8.52. The molecule has 4 heterocycles. The van der Waals surface area contributed by atoms with Crippen molar-refractivity contribution in [2.24, 2.45) is 0 Å². The summed E-state index contributed by atoms with van der Waals surface area (Å²) >= 11 is 0. The Kier molecular flexibility index (Phi) is 13.3. The van der Waals surface area contributed by atoms with Crippen LogP contribution in [-0.4, -0.2) is 113 Å². The summed E-state index contributed by atoms with van der Waals surface area (Å²) in [6, 6.07) is 20.9. The summed E-state index contributed by atoms with van der Waals surface area (Å²) in [4.78, 5) is 29.6. The van der Waals surface area contributed by atoms with Gasteiger partial charge in [-0.15, -0.1) is 0 Å². The first-order valence-corrected chi connectivity index (χ1v) is 17.6. The van der Waals surface area contributed by atoms with E-state index in [1.807, 2.05) is 60.7 Å². The van der Waals surface area contributed by atoms with Crippen molar-refractivity contribution in [2.75, 3.05) is 27.3 Å². The molecule has 0 amide bonds. The minimum Gasteiger partial charge on any atom is -0.462 e. The van der Waals surface area contributed by atoms with Gasteiger partial charge in [-0.25, -0.2) is 0 Å². The van der Waals surface area contributed by atoms with Gasteiger partial charge in [0.1, 0.15) is 24.0 Å². The van der Waals surface area contributed by atoms with Crippen LogP contribution in [0.4, 0.5) is 0 Å². The number of piperidine rings is 2. The molecule has 2 aromatic carbocycles. The van der Waals surface area contributed by atoms with Gasteiger partial charge in [-0.2, -0.15) is 8.42 Å². The zero-order valence-electron chi connectivity index (χ0n) is 27.0. The van der Waals surface area contributed by atoms with E-state index < -0.39 is 22.2 Å². The lowest BCUT2D eigenvalue weighted by atomic mass is 9.98. The molecule has 4 saturated heterocycles. The largest absolute Gasteiger partial charge is 0.462 e. The SMILES string of the molecule is CN1C2CCC1CC(OC(=O)[C@@H](CO)c1ccccc1)C2.CN1C2CCC1CC(OC(=O)[C@@H](CO)c1ccccc1)C2.O=S(=O)(O)O. The number of aliphatic hydroxyl groups excluding tert-OH is 2. The van der Waals surface area contributed by atoms with Crippen LogP contribution in [0.3, 0.4) is 0 Å². The first-order valence-electron chi connectivity index (χ1n) is 16.2. The van der Waals surface area contributed by atoms with Gasteiger partial charge in [0.05, 0.1) is 13.2 Å². The maximum Gasteiger partial charge on any atom is 0.394 e. The van der Waals surface area contributed by atoms with Gasteiger partial charge in [-0.05, 0) is 76.6 Å². The van der Waals surface area contributed by atoms with Gasteiger partial charge in [-0.3, -0.25) is 18.7 Å². The van der Waals surface area contributed by atoms with Gasteiger partial charge in [0.25, 0.3) is 0 Å². The molecule has 0 aromatic heterocycles. The molecule has 0 saturated carbocycles. The highest BCUT2D eigenvalue weighted by Crippen LogP contribution is 2.37. The lowest BCUT2D eigenvalue weighted by Gasteiger charge is -2.36. The second kappa shape index (κ2) is 17.0. The Hall–Kier alpha value is -2.91. The highest BCUT2D eigenvalue weighted by molar-refractivity contribution is 7.79. The predicted octanol–water partition coefficient (Wildman–Crippen LogP) is 3.21. The number of carbonyl (C=O) groups is 2. The van der Waals surface area contributed by atoms with Crippen molar-refractivity contribution in [3.63, 3.8) is 0 Å². The lowest BCUT2D eigenvalue weighted by Crippen LogP contribution is -2.43. The Morgan fingerprint density at radius 1 is 0.660 bits per heavy atom. The Morgan fingerprint density at radius 2 is 0.936 bits per heavy atom. The zero-order valence-corrected chi connectivity index (χ0v) is 27.8. The van der Waals surface area contributed by atoms with Crippen molar-refractivity contribution in [2.45, 2.75) is 99.6 Å². The number of rotatable bonds is 8. The number of nitrogens with zero attached hydrogens (tertiary/aromatic N) is 2. The van der Waals surface area contributed by atoms with Gasteiger partial charge in [0, 0.05) is 24.2 Å². The maximum atomic E-state index is 12.4. The van der Waals surface area contributed by atoms with E-state index in [0.29, 0.717) is 24.2 Å². The number of esters is 2. The first kappa shape index (κ1) is 36.9. The highest BCUT2D eigenvalue weighted by atomic mass is 32.3. The number of hydrogen-bond donors (Lipinski definition) is 4. The minimum absolute atomic E-state index is 0.00367. The topological polar surface area (TPSA) is 174 Å². The van der Waals surface area contributed by atoms with Gasteiger partial charge in [0.2, 0.25) is 0 Å². The number of carbonyl (C=O) groups excluding carboxylic acids is 2. The molecule has 47 heavy (non-hydrogen) atoms. The molecular weight excluding hydrogens is 628 g/mol. The summed E-state index contributed by atoms with van der Waals surface area (Å²) in [7, 11) is -0.332. The molecule has 4 N–H and O–H groups in total. The molecule has 12 nitrogen and oxygen atoms in total. The summed E-state index contributed by atoms with van der Waals surface area (Å²) in [5, 5.41) is 19.1. The lowest BCUT2D eigenvalue weighted by molar-refractivity contribution is -0.156. The quantitative estimate of drug-likeness (QED) is 0.238. The van der Waals surface area contributed by atoms with Crippen LogP contribution in [0.1, 0.15) is 74.3 Å². The van der Waals surface area contributed by atoms with E-state index in [0.717, 1.165) is 36.8 Å². The molecule has 6 rings (SSSR count). The molecule has 4 bridgehead atoms. The number of aliphatic hydroxyl groups is 2. The second-order valence-electron chi connectivity index (χ2n) is 12.9.